The molecule has 1 heterocycles. The van der Waals surface area contributed by atoms with Crippen LogP contribution in [-0.2, 0) is 16.6 Å². The fourth-order valence-electron chi connectivity index (χ4n) is 1.49. The summed E-state index contributed by atoms with van der Waals surface area (Å²) in [4.78, 5) is 3.96. The molecule has 2 aromatic rings. The zero-order chi connectivity index (χ0) is 13.9. The summed E-state index contributed by atoms with van der Waals surface area (Å²) in [5.41, 5.74) is 0.661. The molecule has 1 unspecified atom stereocenters. The van der Waals surface area contributed by atoms with Crippen LogP contribution in [0.25, 0.3) is 0 Å². The number of aliphatic hydroxyl groups is 1. The molecule has 3 N–H and O–H groups in total. The minimum Gasteiger partial charge on any atom is -0.389 e. The number of hydrogen-bond donors (Lipinski definition) is 3. The lowest BCUT2D eigenvalue weighted by Crippen LogP contribution is -2.23. The molecule has 1 atom stereocenters. The molecule has 2 rings (SSSR count). The first kappa shape index (κ1) is 13.7. The second-order valence-electron chi connectivity index (χ2n) is 4.00. The second-order valence-corrected chi connectivity index (χ2v) is 5.77. The van der Waals surface area contributed by atoms with E-state index >= 15 is 0 Å². The van der Waals surface area contributed by atoms with E-state index in [1.807, 2.05) is 0 Å². The summed E-state index contributed by atoms with van der Waals surface area (Å²) in [6.07, 6.45) is 0.681. The van der Waals surface area contributed by atoms with Crippen LogP contribution in [-0.4, -0.2) is 28.7 Å². The lowest BCUT2D eigenvalue weighted by atomic mass is 10.1. The summed E-state index contributed by atoms with van der Waals surface area (Å²) in [7, 11) is -3.60. The molecule has 1 aromatic carbocycles. The number of aromatic nitrogens is 3. The molecule has 0 radical (unpaired) electrons. The highest BCUT2D eigenvalue weighted by molar-refractivity contribution is 7.89. The van der Waals surface area contributed by atoms with Gasteiger partial charge in [0.15, 0.2) is 0 Å². The van der Waals surface area contributed by atoms with E-state index in [0.29, 0.717) is 11.4 Å². The largest absolute Gasteiger partial charge is 0.389 e. The van der Waals surface area contributed by atoms with Crippen LogP contribution >= 0.6 is 0 Å². The first-order chi connectivity index (χ1) is 8.99. The van der Waals surface area contributed by atoms with Gasteiger partial charge < -0.3 is 5.11 Å². The maximum Gasteiger partial charge on any atom is 0.240 e. The van der Waals surface area contributed by atoms with E-state index in [9.17, 15) is 13.5 Å². The van der Waals surface area contributed by atoms with Gasteiger partial charge in [-0.2, -0.15) is 5.10 Å². The van der Waals surface area contributed by atoms with Gasteiger partial charge in [0.2, 0.25) is 10.0 Å². The van der Waals surface area contributed by atoms with Gasteiger partial charge >= 0.3 is 0 Å². The Bertz CT molecular complexity index is 620. The van der Waals surface area contributed by atoms with Gasteiger partial charge in [-0.15, -0.1) is 0 Å². The SMILES string of the molecule is CC(O)c1ccc(S(=O)(=O)NCc2ncn[nH]2)cc1. The molecule has 8 heteroatoms. The van der Waals surface area contributed by atoms with Crippen LogP contribution in [0.1, 0.15) is 24.4 Å². The fourth-order valence-corrected chi connectivity index (χ4v) is 2.48. The van der Waals surface area contributed by atoms with Crippen LogP contribution < -0.4 is 4.72 Å². The Labute approximate surface area is 110 Å². The Balaban J connectivity index is 2.10. The van der Waals surface area contributed by atoms with Gasteiger partial charge in [-0.05, 0) is 24.6 Å². The Morgan fingerprint density at radius 3 is 2.58 bits per heavy atom. The van der Waals surface area contributed by atoms with Gasteiger partial charge in [0.1, 0.15) is 12.2 Å². The number of aliphatic hydroxyl groups excluding tert-OH is 1. The van der Waals surface area contributed by atoms with Crippen molar-refractivity contribution in [2.45, 2.75) is 24.5 Å². The first-order valence-electron chi connectivity index (χ1n) is 5.61. The van der Waals surface area contributed by atoms with Gasteiger partial charge in [-0.1, -0.05) is 12.1 Å². The molecular weight excluding hydrogens is 268 g/mol. The zero-order valence-corrected chi connectivity index (χ0v) is 11.1. The van der Waals surface area contributed by atoms with Crippen molar-refractivity contribution < 1.29 is 13.5 Å². The number of nitrogens with one attached hydrogen (secondary N) is 2. The van der Waals surface area contributed by atoms with Crippen LogP contribution in [0.3, 0.4) is 0 Å². The van der Waals surface area contributed by atoms with Crippen molar-refractivity contribution in [3.63, 3.8) is 0 Å². The smallest absolute Gasteiger partial charge is 0.240 e. The number of nitrogens with zero attached hydrogens (tertiary/aromatic N) is 2. The number of benzene rings is 1. The van der Waals surface area contributed by atoms with E-state index in [4.69, 9.17) is 0 Å². The van der Waals surface area contributed by atoms with E-state index in [2.05, 4.69) is 19.9 Å². The summed E-state index contributed by atoms with van der Waals surface area (Å²) in [6.45, 7) is 1.66. The third-order valence-corrected chi connectivity index (χ3v) is 3.98. The Kier molecular flexibility index (Phi) is 3.93. The summed E-state index contributed by atoms with van der Waals surface area (Å²) >= 11 is 0. The monoisotopic (exact) mass is 282 g/mol. The maximum atomic E-state index is 12.0. The lowest BCUT2D eigenvalue weighted by Gasteiger charge is -2.08. The number of sulfonamides is 1. The molecule has 19 heavy (non-hydrogen) atoms. The normalized spacial score (nSPS) is 13.4. The molecular formula is C11H14N4O3S. The van der Waals surface area contributed by atoms with Crippen LogP contribution in [0, 0.1) is 0 Å². The van der Waals surface area contributed by atoms with Crippen LogP contribution in [0.4, 0.5) is 0 Å². The Morgan fingerprint density at radius 1 is 1.37 bits per heavy atom. The van der Waals surface area contributed by atoms with Gasteiger partial charge in [0.25, 0.3) is 0 Å². The standard InChI is InChI=1S/C11H14N4O3S/c1-8(16)9-2-4-10(5-3-9)19(17,18)14-6-11-12-7-13-15-11/h2-5,7-8,14,16H,6H2,1H3,(H,12,13,15). The van der Waals surface area contributed by atoms with Crippen molar-refractivity contribution in [3.8, 4) is 0 Å². The van der Waals surface area contributed by atoms with Crippen molar-refractivity contribution in [2.24, 2.45) is 0 Å². The molecule has 0 saturated heterocycles. The quantitative estimate of drug-likeness (QED) is 0.732. The van der Waals surface area contributed by atoms with Crippen LogP contribution in [0.15, 0.2) is 35.5 Å². The van der Waals surface area contributed by atoms with Gasteiger partial charge in [0, 0.05) is 0 Å². The number of rotatable bonds is 5. The van der Waals surface area contributed by atoms with E-state index in [-0.39, 0.29) is 11.4 Å². The minimum absolute atomic E-state index is 0.0422. The molecule has 0 spiro atoms. The molecule has 0 fully saturated rings. The van der Waals surface area contributed by atoms with E-state index in [1.165, 1.54) is 18.5 Å². The zero-order valence-electron chi connectivity index (χ0n) is 10.2. The van der Waals surface area contributed by atoms with Crippen molar-refractivity contribution >= 4 is 10.0 Å². The van der Waals surface area contributed by atoms with Gasteiger partial charge in [-0.25, -0.2) is 18.1 Å². The van der Waals surface area contributed by atoms with Gasteiger partial charge in [0.05, 0.1) is 17.5 Å². The Hall–Kier alpha value is -1.77. The van der Waals surface area contributed by atoms with Crippen LogP contribution in [0.2, 0.25) is 0 Å². The van der Waals surface area contributed by atoms with E-state index in [1.54, 1.807) is 19.1 Å². The van der Waals surface area contributed by atoms with Crippen molar-refractivity contribution in [3.05, 3.63) is 42.0 Å². The topological polar surface area (TPSA) is 108 Å². The highest BCUT2D eigenvalue weighted by atomic mass is 32.2. The molecule has 1 aromatic heterocycles. The third kappa shape index (κ3) is 3.37. The molecule has 0 saturated carbocycles. The third-order valence-electron chi connectivity index (χ3n) is 2.57. The van der Waals surface area contributed by atoms with Crippen molar-refractivity contribution in [1.82, 2.24) is 19.9 Å². The van der Waals surface area contributed by atoms with E-state index < -0.39 is 16.1 Å². The molecule has 0 aliphatic heterocycles. The highest BCUT2D eigenvalue weighted by Gasteiger charge is 2.14. The Morgan fingerprint density at radius 2 is 2.05 bits per heavy atom. The van der Waals surface area contributed by atoms with Gasteiger partial charge in [-0.3, -0.25) is 5.10 Å². The minimum atomic E-state index is -3.60. The molecule has 102 valence electrons. The van der Waals surface area contributed by atoms with E-state index in [0.717, 1.165) is 0 Å². The number of H-pyrrole nitrogens is 1. The molecule has 0 amide bonds. The average Bonchev–Trinajstić information content (AvgIpc) is 2.90. The predicted octanol–water partition coefficient (Wildman–Crippen LogP) is 0.336. The number of aromatic amines is 1. The second kappa shape index (κ2) is 5.47. The predicted molar refractivity (Wildman–Crippen MR) is 67.5 cm³/mol. The summed E-state index contributed by atoms with van der Waals surface area (Å²) in [5.74, 6) is 0.434. The fraction of sp³-hybridized carbons (Fsp3) is 0.273. The molecule has 0 bridgehead atoms. The highest BCUT2D eigenvalue weighted by Crippen LogP contribution is 2.15. The summed E-state index contributed by atoms with van der Waals surface area (Å²) in [6, 6.07) is 6.05. The van der Waals surface area contributed by atoms with Crippen molar-refractivity contribution in [2.75, 3.05) is 0 Å². The summed E-state index contributed by atoms with van der Waals surface area (Å²) < 4.78 is 26.3. The average molecular weight is 282 g/mol. The first-order valence-corrected chi connectivity index (χ1v) is 7.09. The van der Waals surface area contributed by atoms with Crippen LogP contribution in [0.5, 0.6) is 0 Å². The van der Waals surface area contributed by atoms with Crippen molar-refractivity contribution in [1.29, 1.82) is 0 Å². The lowest BCUT2D eigenvalue weighted by molar-refractivity contribution is 0.199. The maximum absolute atomic E-state index is 12.0. The summed E-state index contributed by atoms with van der Waals surface area (Å²) in [5, 5.41) is 15.6. The molecule has 7 nitrogen and oxygen atoms in total. The number of hydrogen-bond acceptors (Lipinski definition) is 5. The molecule has 0 aliphatic carbocycles. The molecule has 0 aliphatic rings.